The monoisotopic (exact) mass is 297 g/mol. The molecule has 1 aromatic rings. The fourth-order valence-electron chi connectivity index (χ4n) is 2.86. The number of nitrogens with zero attached hydrogens (tertiary/aromatic N) is 1. The molecule has 2 bridgehead atoms. The number of hydrogen-bond acceptors (Lipinski definition) is 6. The summed E-state index contributed by atoms with van der Waals surface area (Å²) in [6.45, 7) is 0.971. The van der Waals surface area contributed by atoms with E-state index in [4.69, 9.17) is 4.74 Å². The van der Waals surface area contributed by atoms with E-state index >= 15 is 0 Å². The molecular formula is C12H15N3O6. The van der Waals surface area contributed by atoms with E-state index < -0.39 is 41.8 Å². The van der Waals surface area contributed by atoms with E-state index in [2.05, 4.69) is 10.3 Å². The van der Waals surface area contributed by atoms with Crippen molar-refractivity contribution in [2.45, 2.75) is 37.3 Å². The molecule has 3 rings (SSSR count). The zero-order valence-electron chi connectivity index (χ0n) is 11.2. The molecule has 1 aromatic heterocycles. The highest BCUT2D eigenvalue weighted by Gasteiger charge is 2.59. The van der Waals surface area contributed by atoms with Crippen LogP contribution >= 0.6 is 0 Å². The summed E-state index contributed by atoms with van der Waals surface area (Å²) in [6, 6.07) is -0.874. The Morgan fingerprint density at radius 3 is 2.86 bits per heavy atom. The molecule has 0 radical (unpaired) electrons. The number of aliphatic hydroxyl groups excluding tert-OH is 2. The molecule has 0 aliphatic carbocycles. The number of nitrogens with one attached hydrogen (secondary N) is 2. The number of rotatable bonds is 2. The number of fused-ring (bicyclic) bond motifs is 2. The van der Waals surface area contributed by atoms with Crippen molar-refractivity contribution in [1.29, 1.82) is 0 Å². The lowest BCUT2D eigenvalue weighted by Gasteiger charge is -2.33. The van der Waals surface area contributed by atoms with Crippen molar-refractivity contribution in [3.8, 4) is 0 Å². The van der Waals surface area contributed by atoms with Crippen LogP contribution < -0.4 is 16.6 Å². The molecule has 2 aliphatic heterocycles. The Hall–Kier alpha value is -1.97. The topological polar surface area (TPSA) is 134 Å². The third-order valence-corrected chi connectivity index (χ3v) is 4.02. The average Bonchev–Trinajstić information content (AvgIpc) is 2.60. The summed E-state index contributed by atoms with van der Waals surface area (Å²) < 4.78 is 6.73. The SMILES string of the molecule is Cc1cn([C@@H]2O[C@@]3(CO)CC(=O)NC2C3O)c(=O)[nH]c1=O. The summed E-state index contributed by atoms with van der Waals surface area (Å²) >= 11 is 0. The van der Waals surface area contributed by atoms with Crippen molar-refractivity contribution in [3.63, 3.8) is 0 Å². The van der Waals surface area contributed by atoms with Crippen LogP contribution in [0.25, 0.3) is 0 Å². The Bertz CT molecular complexity index is 710. The molecule has 0 saturated carbocycles. The second-order valence-corrected chi connectivity index (χ2v) is 5.42. The van der Waals surface area contributed by atoms with Gasteiger partial charge in [-0.25, -0.2) is 4.79 Å². The highest BCUT2D eigenvalue weighted by Crippen LogP contribution is 2.41. The van der Waals surface area contributed by atoms with Gasteiger partial charge in [-0.05, 0) is 6.92 Å². The molecule has 1 amide bonds. The van der Waals surface area contributed by atoms with Crippen molar-refractivity contribution in [3.05, 3.63) is 32.6 Å². The third-order valence-electron chi connectivity index (χ3n) is 4.02. The number of carbonyl (C=O) groups excluding carboxylic acids is 1. The number of carbonyl (C=O) groups is 1. The largest absolute Gasteiger partial charge is 0.393 e. The van der Waals surface area contributed by atoms with Crippen LogP contribution in [0.4, 0.5) is 0 Å². The van der Waals surface area contributed by atoms with Crippen LogP contribution in [0.15, 0.2) is 15.8 Å². The molecule has 0 aromatic carbocycles. The zero-order valence-corrected chi connectivity index (χ0v) is 11.2. The van der Waals surface area contributed by atoms with Gasteiger partial charge in [0.1, 0.15) is 17.7 Å². The van der Waals surface area contributed by atoms with Crippen LogP contribution in [0.5, 0.6) is 0 Å². The normalized spacial score (nSPS) is 34.8. The summed E-state index contributed by atoms with van der Waals surface area (Å²) in [4.78, 5) is 37.1. The van der Waals surface area contributed by atoms with Crippen LogP contribution in [0.3, 0.4) is 0 Å². The van der Waals surface area contributed by atoms with Crippen molar-refractivity contribution in [2.75, 3.05) is 6.61 Å². The van der Waals surface area contributed by atoms with Gasteiger partial charge < -0.3 is 20.3 Å². The summed E-state index contributed by atoms with van der Waals surface area (Å²) in [7, 11) is 0. The Morgan fingerprint density at radius 1 is 1.48 bits per heavy atom. The number of H-pyrrole nitrogens is 1. The number of aryl methyl sites for hydroxylation is 1. The molecular weight excluding hydrogens is 282 g/mol. The van der Waals surface area contributed by atoms with E-state index in [-0.39, 0.29) is 12.3 Å². The van der Waals surface area contributed by atoms with Crippen molar-refractivity contribution >= 4 is 5.91 Å². The van der Waals surface area contributed by atoms with Gasteiger partial charge in [0.05, 0.1) is 13.0 Å². The van der Waals surface area contributed by atoms with Gasteiger partial charge in [0.15, 0.2) is 6.23 Å². The number of piperidine rings is 1. The van der Waals surface area contributed by atoms with E-state index in [0.717, 1.165) is 4.57 Å². The van der Waals surface area contributed by atoms with E-state index in [0.29, 0.717) is 5.56 Å². The quantitative estimate of drug-likeness (QED) is 0.471. The first-order chi connectivity index (χ1) is 9.88. The number of aromatic amines is 1. The lowest BCUT2D eigenvalue weighted by atomic mass is 9.87. The number of ether oxygens (including phenoxy) is 1. The van der Waals surface area contributed by atoms with E-state index in [1.54, 1.807) is 0 Å². The molecule has 3 heterocycles. The third kappa shape index (κ3) is 1.93. The Kier molecular flexibility index (Phi) is 3.01. The molecule has 21 heavy (non-hydrogen) atoms. The fraction of sp³-hybridized carbons (Fsp3) is 0.583. The van der Waals surface area contributed by atoms with Crippen LogP contribution in [-0.4, -0.2) is 50.0 Å². The zero-order chi connectivity index (χ0) is 15.4. The minimum absolute atomic E-state index is 0.200. The first kappa shape index (κ1) is 14.0. The molecule has 4 N–H and O–H groups in total. The Morgan fingerprint density at radius 2 is 2.19 bits per heavy atom. The van der Waals surface area contributed by atoms with E-state index in [1.165, 1.54) is 13.1 Å². The van der Waals surface area contributed by atoms with Crippen molar-refractivity contribution < 1.29 is 19.7 Å². The first-order valence-corrected chi connectivity index (χ1v) is 6.46. The summed E-state index contributed by atoms with van der Waals surface area (Å²) in [5.41, 5.74) is -2.36. The number of amides is 1. The maximum atomic E-state index is 11.9. The fourth-order valence-corrected chi connectivity index (χ4v) is 2.86. The molecule has 9 heteroatoms. The number of aliphatic hydroxyl groups is 2. The smallest absolute Gasteiger partial charge is 0.330 e. The van der Waals surface area contributed by atoms with E-state index in [9.17, 15) is 24.6 Å². The van der Waals surface area contributed by atoms with E-state index in [1.807, 2.05) is 0 Å². The minimum atomic E-state index is -1.43. The van der Waals surface area contributed by atoms with Crippen molar-refractivity contribution in [1.82, 2.24) is 14.9 Å². The van der Waals surface area contributed by atoms with Gasteiger partial charge in [0.25, 0.3) is 5.56 Å². The van der Waals surface area contributed by atoms with Gasteiger partial charge in [-0.1, -0.05) is 0 Å². The minimum Gasteiger partial charge on any atom is -0.393 e. The van der Waals surface area contributed by atoms with Crippen molar-refractivity contribution in [2.24, 2.45) is 0 Å². The molecule has 9 nitrogen and oxygen atoms in total. The number of aromatic nitrogens is 2. The van der Waals surface area contributed by atoms with Gasteiger partial charge in [0, 0.05) is 11.8 Å². The molecule has 2 saturated heterocycles. The van der Waals surface area contributed by atoms with Gasteiger partial charge in [0.2, 0.25) is 5.91 Å². The molecule has 0 spiro atoms. The average molecular weight is 297 g/mol. The molecule has 2 unspecified atom stereocenters. The lowest BCUT2D eigenvalue weighted by molar-refractivity contribution is -0.149. The highest BCUT2D eigenvalue weighted by molar-refractivity contribution is 5.79. The van der Waals surface area contributed by atoms with Crippen LogP contribution in [0, 0.1) is 6.92 Å². The molecule has 2 aliphatic rings. The standard InChI is InChI=1S/C12H15N3O6/c1-5-3-15(11(20)14-9(5)19)10-7-8(18)12(4-16,21-10)2-6(17)13-7/h3,7-8,10,16,18H,2,4H2,1H3,(H,13,17)(H,14,19,20)/t7?,8?,10-,12-/m1/s1. The van der Waals surface area contributed by atoms with Gasteiger partial charge in [-0.15, -0.1) is 0 Å². The molecule has 2 fully saturated rings. The Labute approximate surface area is 118 Å². The van der Waals surface area contributed by atoms with Crippen LogP contribution in [-0.2, 0) is 9.53 Å². The first-order valence-electron chi connectivity index (χ1n) is 6.46. The molecule has 114 valence electrons. The predicted octanol–water partition coefficient (Wildman–Crippen LogP) is -2.65. The summed E-state index contributed by atoms with van der Waals surface area (Å²) in [5, 5.41) is 22.3. The molecule has 4 atom stereocenters. The predicted molar refractivity (Wildman–Crippen MR) is 68.6 cm³/mol. The van der Waals surface area contributed by atoms with Crippen LogP contribution in [0.1, 0.15) is 18.2 Å². The Balaban J connectivity index is 2.09. The van der Waals surface area contributed by atoms with Gasteiger partial charge >= 0.3 is 5.69 Å². The second kappa shape index (κ2) is 4.52. The summed E-state index contributed by atoms with van der Waals surface area (Å²) in [6.07, 6.45) is -1.04. The highest BCUT2D eigenvalue weighted by atomic mass is 16.6. The van der Waals surface area contributed by atoms with Gasteiger partial charge in [-0.3, -0.25) is 19.1 Å². The maximum absolute atomic E-state index is 11.9. The maximum Gasteiger partial charge on any atom is 0.330 e. The summed E-state index contributed by atoms with van der Waals surface area (Å²) in [5.74, 6) is -0.379. The van der Waals surface area contributed by atoms with Crippen LogP contribution in [0.2, 0.25) is 0 Å². The van der Waals surface area contributed by atoms with Gasteiger partial charge in [-0.2, -0.15) is 0 Å². The second-order valence-electron chi connectivity index (χ2n) is 5.42. The number of hydrogen-bond donors (Lipinski definition) is 4. The lowest BCUT2D eigenvalue weighted by Crippen LogP contribution is -2.59.